The number of para-hydroxylation sites is 1. The number of carbonyl (C=O) groups is 1. The van der Waals surface area contributed by atoms with Gasteiger partial charge in [0.1, 0.15) is 0 Å². The van der Waals surface area contributed by atoms with E-state index in [-0.39, 0.29) is 11.6 Å². The van der Waals surface area contributed by atoms with Crippen molar-refractivity contribution in [1.82, 2.24) is 9.80 Å². The summed E-state index contributed by atoms with van der Waals surface area (Å²) in [6, 6.07) is 18.4. The van der Waals surface area contributed by atoms with E-state index in [1.54, 1.807) is 0 Å². The molecule has 2 aromatic carbocycles. The van der Waals surface area contributed by atoms with Gasteiger partial charge >= 0.3 is 6.03 Å². The summed E-state index contributed by atoms with van der Waals surface area (Å²) >= 11 is 0. The SMILES string of the molecule is Cc1ccccc1CN1CCCC12CCN(C(=O)Nc1ccccc1)C2. The van der Waals surface area contributed by atoms with Crippen LogP contribution in [0.3, 0.4) is 0 Å². The maximum absolute atomic E-state index is 12.7. The number of amides is 2. The molecular weight excluding hydrogens is 322 g/mol. The van der Waals surface area contributed by atoms with Crippen LogP contribution in [-0.4, -0.2) is 41.0 Å². The van der Waals surface area contributed by atoms with Crippen LogP contribution in [0.2, 0.25) is 0 Å². The Hall–Kier alpha value is -2.33. The average molecular weight is 349 g/mol. The first kappa shape index (κ1) is 17.1. The molecule has 0 aromatic heterocycles. The Morgan fingerprint density at radius 2 is 1.81 bits per heavy atom. The zero-order chi connectivity index (χ0) is 18.0. The second-order valence-electron chi connectivity index (χ2n) is 7.64. The number of benzene rings is 2. The highest BCUT2D eigenvalue weighted by atomic mass is 16.2. The lowest BCUT2D eigenvalue weighted by molar-refractivity contribution is 0.135. The normalized spacial score (nSPS) is 22.9. The molecule has 2 fully saturated rings. The molecule has 2 saturated heterocycles. The molecule has 2 amide bonds. The molecule has 1 N–H and O–H groups in total. The molecule has 2 aromatic rings. The highest BCUT2D eigenvalue weighted by Gasteiger charge is 2.47. The Morgan fingerprint density at radius 3 is 2.62 bits per heavy atom. The number of nitrogens with zero attached hydrogens (tertiary/aromatic N) is 2. The number of hydrogen-bond acceptors (Lipinski definition) is 2. The average Bonchev–Trinajstić information content (AvgIpc) is 3.26. The molecule has 4 nitrogen and oxygen atoms in total. The molecule has 2 aliphatic heterocycles. The largest absolute Gasteiger partial charge is 0.323 e. The Balaban J connectivity index is 1.44. The molecule has 0 aliphatic carbocycles. The van der Waals surface area contributed by atoms with Gasteiger partial charge in [-0.25, -0.2) is 4.79 Å². The summed E-state index contributed by atoms with van der Waals surface area (Å²) in [5.41, 5.74) is 3.77. The van der Waals surface area contributed by atoms with E-state index in [9.17, 15) is 4.79 Å². The third kappa shape index (κ3) is 3.34. The summed E-state index contributed by atoms with van der Waals surface area (Å²) in [6.07, 6.45) is 3.48. The maximum atomic E-state index is 12.7. The number of hydrogen-bond donors (Lipinski definition) is 1. The third-order valence-corrected chi connectivity index (χ3v) is 6.01. The molecule has 136 valence electrons. The number of anilines is 1. The first-order valence-electron chi connectivity index (χ1n) is 9.57. The van der Waals surface area contributed by atoms with Crippen LogP contribution in [0, 0.1) is 6.92 Å². The number of rotatable bonds is 3. The van der Waals surface area contributed by atoms with Crippen molar-refractivity contribution < 1.29 is 4.79 Å². The number of urea groups is 1. The Kier molecular flexibility index (Phi) is 4.68. The lowest BCUT2D eigenvalue weighted by atomic mass is 9.94. The van der Waals surface area contributed by atoms with Gasteiger partial charge in [-0.1, -0.05) is 42.5 Å². The summed E-state index contributed by atoms with van der Waals surface area (Å²) in [5, 5.41) is 3.03. The van der Waals surface area contributed by atoms with E-state index in [4.69, 9.17) is 0 Å². The Bertz CT molecular complexity index is 776. The maximum Gasteiger partial charge on any atom is 0.321 e. The van der Waals surface area contributed by atoms with E-state index >= 15 is 0 Å². The first-order chi connectivity index (χ1) is 12.7. The fraction of sp³-hybridized carbons (Fsp3) is 0.409. The van der Waals surface area contributed by atoms with Crippen LogP contribution < -0.4 is 5.32 Å². The zero-order valence-electron chi connectivity index (χ0n) is 15.4. The molecular formula is C22H27N3O. The lowest BCUT2D eigenvalue weighted by Gasteiger charge is -2.35. The van der Waals surface area contributed by atoms with Crippen LogP contribution in [0.1, 0.15) is 30.4 Å². The van der Waals surface area contributed by atoms with Crippen LogP contribution in [0.4, 0.5) is 10.5 Å². The van der Waals surface area contributed by atoms with Gasteiger partial charge in [-0.3, -0.25) is 4.90 Å². The van der Waals surface area contributed by atoms with Gasteiger partial charge in [-0.05, 0) is 56.0 Å². The summed E-state index contributed by atoms with van der Waals surface area (Å²) in [4.78, 5) is 17.3. The van der Waals surface area contributed by atoms with Gasteiger partial charge in [0, 0.05) is 30.9 Å². The molecule has 2 aliphatic rings. The van der Waals surface area contributed by atoms with Crippen LogP contribution in [-0.2, 0) is 6.54 Å². The van der Waals surface area contributed by atoms with Gasteiger partial charge in [-0.15, -0.1) is 0 Å². The van der Waals surface area contributed by atoms with Crippen LogP contribution in [0.5, 0.6) is 0 Å². The van der Waals surface area contributed by atoms with Crippen LogP contribution in [0.15, 0.2) is 54.6 Å². The zero-order valence-corrected chi connectivity index (χ0v) is 15.4. The number of nitrogens with one attached hydrogen (secondary N) is 1. The first-order valence-corrected chi connectivity index (χ1v) is 9.57. The summed E-state index contributed by atoms with van der Waals surface area (Å²) < 4.78 is 0. The fourth-order valence-electron chi connectivity index (χ4n) is 4.45. The molecule has 26 heavy (non-hydrogen) atoms. The predicted octanol–water partition coefficient (Wildman–Crippen LogP) is 4.27. The predicted molar refractivity (Wildman–Crippen MR) is 105 cm³/mol. The third-order valence-electron chi connectivity index (χ3n) is 6.01. The van der Waals surface area contributed by atoms with E-state index in [0.717, 1.165) is 38.3 Å². The summed E-state index contributed by atoms with van der Waals surface area (Å²) in [7, 11) is 0. The van der Waals surface area contributed by atoms with Crippen molar-refractivity contribution in [3.63, 3.8) is 0 Å². The number of likely N-dealkylation sites (tertiary alicyclic amines) is 2. The smallest absolute Gasteiger partial charge is 0.321 e. The Morgan fingerprint density at radius 1 is 1.04 bits per heavy atom. The molecule has 1 unspecified atom stereocenters. The van der Waals surface area contributed by atoms with E-state index in [2.05, 4.69) is 41.4 Å². The quantitative estimate of drug-likeness (QED) is 0.898. The van der Waals surface area contributed by atoms with Gasteiger partial charge in [0.05, 0.1) is 0 Å². The standard InChI is InChI=1S/C22H27N3O/c1-18-8-5-6-9-19(18)16-25-14-7-12-22(25)13-15-24(17-22)21(26)23-20-10-3-2-4-11-20/h2-6,8-11H,7,12-17H2,1H3,(H,23,26). The van der Waals surface area contributed by atoms with Gasteiger partial charge in [0.25, 0.3) is 0 Å². The monoisotopic (exact) mass is 349 g/mol. The van der Waals surface area contributed by atoms with Crippen molar-refractivity contribution >= 4 is 11.7 Å². The van der Waals surface area contributed by atoms with Crippen molar-refractivity contribution in [2.45, 2.75) is 38.3 Å². The molecule has 0 radical (unpaired) electrons. The van der Waals surface area contributed by atoms with Crippen molar-refractivity contribution in [3.05, 3.63) is 65.7 Å². The summed E-state index contributed by atoms with van der Waals surface area (Å²) in [5.74, 6) is 0. The van der Waals surface area contributed by atoms with E-state index in [1.165, 1.54) is 24.0 Å². The highest BCUT2D eigenvalue weighted by molar-refractivity contribution is 5.89. The van der Waals surface area contributed by atoms with Crippen molar-refractivity contribution in [3.8, 4) is 0 Å². The van der Waals surface area contributed by atoms with E-state index in [1.807, 2.05) is 35.2 Å². The minimum Gasteiger partial charge on any atom is -0.323 e. The minimum absolute atomic E-state index is 0.0239. The minimum atomic E-state index is 0.0239. The van der Waals surface area contributed by atoms with Crippen molar-refractivity contribution in [2.75, 3.05) is 25.0 Å². The number of aryl methyl sites for hydroxylation is 1. The van der Waals surface area contributed by atoms with Crippen LogP contribution in [0.25, 0.3) is 0 Å². The molecule has 4 heteroatoms. The molecule has 1 spiro atoms. The molecule has 1 atom stereocenters. The highest BCUT2D eigenvalue weighted by Crippen LogP contribution is 2.39. The molecule has 4 rings (SSSR count). The fourth-order valence-corrected chi connectivity index (χ4v) is 4.45. The second-order valence-corrected chi connectivity index (χ2v) is 7.64. The van der Waals surface area contributed by atoms with E-state index in [0.29, 0.717) is 0 Å². The van der Waals surface area contributed by atoms with Crippen molar-refractivity contribution in [2.24, 2.45) is 0 Å². The molecule has 0 bridgehead atoms. The van der Waals surface area contributed by atoms with Gasteiger partial charge in [-0.2, -0.15) is 0 Å². The lowest BCUT2D eigenvalue weighted by Crippen LogP contribution is -2.47. The van der Waals surface area contributed by atoms with Gasteiger partial charge < -0.3 is 10.2 Å². The topological polar surface area (TPSA) is 35.6 Å². The van der Waals surface area contributed by atoms with Crippen molar-refractivity contribution in [1.29, 1.82) is 0 Å². The second kappa shape index (κ2) is 7.12. The Labute approximate surface area is 155 Å². The van der Waals surface area contributed by atoms with Crippen LogP contribution >= 0.6 is 0 Å². The molecule has 0 saturated carbocycles. The summed E-state index contributed by atoms with van der Waals surface area (Å²) in [6.45, 7) is 5.97. The van der Waals surface area contributed by atoms with E-state index < -0.39 is 0 Å². The van der Waals surface area contributed by atoms with Gasteiger partial charge in [0.2, 0.25) is 0 Å². The van der Waals surface area contributed by atoms with Gasteiger partial charge in [0.15, 0.2) is 0 Å². The number of carbonyl (C=O) groups excluding carboxylic acids is 1. The molecule has 2 heterocycles.